The number of nitrogen functional groups attached to an aromatic ring is 3. The Labute approximate surface area is 211 Å². The fourth-order valence-corrected chi connectivity index (χ4v) is 3.77. The van der Waals surface area contributed by atoms with Gasteiger partial charge in [-0.05, 0) is 0 Å². The zero-order valence-electron chi connectivity index (χ0n) is 19.9. The van der Waals surface area contributed by atoms with Gasteiger partial charge in [0.25, 0.3) is 0 Å². The summed E-state index contributed by atoms with van der Waals surface area (Å²) in [6, 6.07) is 26.5. The van der Waals surface area contributed by atoms with Crippen molar-refractivity contribution in [1.29, 1.82) is 0 Å². The summed E-state index contributed by atoms with van der Waals surface area (Å²) in [4.78, 5) is 20.0. The van der Waals surface area contributed by atoms with Crippen LogP contribution < -0.4 is 22.5 Å². The van der Waals surface area contributed by atoms with Crippen LogP contribution in [-0.4, -0.2) is 35.1 Å². The number of fused-ring (bicyclic) bond motifs is 2. The van der Waals surface area contributed by atoms with Crippen LogP contribution in [0.5, 0.6) is 0 Å². The lowest BCUT2D eigenvalue weighted by molar-refractivity contribution is -0.114. The summed E-state index contributed by atoms with van der Waals surface area (Å²) in [7, 11) is 0. The first kappa shape index (κ1) is 23.3. The molecule has 37 heavy (non-hydrogen) atoms. The summed E-state index contributed by atoms with van der Waals surface area (Å²) >= 11 is 0. The Balaban J connectivity index is 0.000000153. The molecule has 0 unspecified atom stereocenters. The molecule has 0 aliphatic carbocycles. The molecule has 4 aromatic heterocycles. The molecule has 0 saturated carbocycles. The molecule has 11 nitrogen and oxygen atoms in total. The van der Waals surface area contributed by atoms with E-state index in [1.54, 1.807) is 24.3 Å². The second-order valence-corrected chi connectivity index (χ2v) is 8.18. The van der Waals surface area contributed by atoms with Crippen molar-refractivity contribution in [2.24, 2.45) is 0 Å². The number of hydrogen-bond acceptors (Lipinski definition) is 8. The Morgan fingerprint density at radius 1 is 0.703 bits per heavy atom. The second kappa shape index (κ2) is 9.66. The number of carbonyl (C=O) groups excluding carboxylic acids is 1. The van der Waals surface area contributed by atoms with Gasteiger partial charge in [-0.1, -0.05) is 60.7 Å². The predicted octanol–water partition coefficient (Wildman–Crippen LogP) is 3.50. The quantitative estimate of drug-likeness (QED) is 0.291. The largest absolute Gasteiger partial charge is 0.384 e. The number of benzene rings is 2. The average molecular weight is 493 g/mol. The van der Waals surface area contributed by atoms with Crippen molar-refractivity contribution in [3.63, 3.8) is 0 Å². The van der Waals surface area contributed by atoms with E-state index in [0.717, 1.165) is 22.5 Å². The molecule has 0 saturated heterocycles. The van der Waals surface area contributed by atoms with Crippen molar-refractivity contribution in [2.45, 2.75) is 6.92 Å². The van der Waals surface area contributed by atoms with Crippen LogP contribution in [0, 0.1) is 0 Å². The number of carbonyl (C=O) groups is 1. The minimum absolute atomic E-state index is 0.185. The number of amides is 1. The molecule has 0 bridgehead atoms. The number of anilines is 4. The Hall–Kier alpha value is -5.45. The van der Waals surface area contributed by atoms with E-state index in [-0.39, 0.29) is 5.91 Å². The van der Waals surface area contributed by atoms with Crippen molar-refractivity contribution in [2.75, 3.05) is 22.5 Å². The van der Waals surface area contributed by atoms with Gasteiger partial charge in [0.15, 0.2) is 17.1 Å². The fraction of sp³-hybridized carbons (Fsp3) is 0.0385. The third kappa shape index (κ3) is 5.00. The highest BCUT2D eigenvalue weighted by atomic mass is 16.1. The summed E-state index contributed by atoms with van der Waals surface area (Å²) in [5, 5.41) is 10.9. The molecule has 7 N–H and O–H groups in total. The minimum Gasteiger partial charge on any atom is -0.384 e. The van der Waals surface area contributed by atoms with Crippen LogP contribution >= 0.6 is 0 Å². The molecule has 0 atom stereocenters. The minimum atomic E-state index is -0.185. The number of nitrogens with one attached hydrogen (secondary N) is 1. The van der Waals surface area contributed by atoms with Gasteiger partial charge in [-0.2, -0.15) is 9.03 Å². The first-order valence-corrected chi connectivity index (χ1v) is 11.3. The summed E-state index contributed by atoms with van der Waals surface area (Å²) in [5.41, 5.74) is 22.3. The number of nitrogens with zero attached hydrogens (tertiary/aromatic N) is 6. The molecular formula is C26H24N10O. The molecule has 11 heteroatoms. The van der Waals surface area contributed by atoms with Crippen molar-refractivity contribution >= 4 is 40.5 Å². The first-order chi connectivity index (χ1) is 17.9. The normalized spacial score (nSPS) is 10.7. The van der Waals surface area contributed by atoms with Crippen molar-refractivity contribution in [3.8, 4) is 22.5 Å². The van der Waals surface area contributed by atoms with Gasteiger partial charge >= 0.3 is 0 Å². The molecule has 0 aliphatic heterocycles. The van der Waals surface area contributed by atoms with Crippen molar-refractivity contribution in [3.05, 3.63) is 84.9 Å². The molecule has 0 spiro atoms. The average Bonchev–Trinajstić information content (AvgIpc) is 3.48. The van der Waals surface area contributed by atoms with Gasteiger partial charge in [0.1, 0.15) is 17.5 Å². The van der Waals surface area contributed by atoms with Crippen LogP contribution in [0.4, 0.5) is 23.3 Å². The van der Waals surface area contributed by atoms with Crippen molar-refractivity contribution < 1.29 is 4.79 Å². The van der Waals surface area contributed by atoms with Crippen LogP contribution in [0.2, 0.25) is 0 Å². The Morgan fingerprint density at radius 2 is 1.19 bits per heavy atom. The lowest BCUT2D eigenvalue weighted by Gasteiger charge is -2.03. The van der Waals surface area contributed by atoms with Gasteiger partial charge in [-0.3, -0.25) is 4.79 Å². The first-order valence-electron chi connectivity index (χ1n) is 11.3. The van der Waals surface area contributed by atoms with E-state index in [2.05, 4.69) is 25.5 Å². The number of nitrogens with two attached hydrogens (primary N) is 3. The van der Waals surface area contributed by atoms with Crippen LogP contribution in [0.25, 0.3) is 33.8 Å². The standard InChI is InChI=1S/C14H13N5O.C12H11N5/c1-9(20)16-13-8-14-17-11(7-12(15)19(14)18-13)10-5-3-2-4-6-10;13-10-7-12-15-9(6-11(14)17(12)16-10)8-4-2-1-3-5-8/h2-8H,15H2,1H3,(H,16,18,20);1-7H,14H2,(H2,13,16). The van der Waals surface area contributed by atoms with E-state index in [9.17, 15) is 4.79 Å². The fourth-order valence-electron chi connectivity index (χ4n) is 3.77. The monoisotopic (exact) mass is 492 g/mol. The smallest absolute Gasteiger partial charge is 0.222 e. The molecule has 0 aliphatic rings. The van der Waals surface area contributed by atoms with E-state index < -0.39 is 0 Å². The third-order valence-electron chi connectivity index (χ3n) is 5.37. The maximum Gasteiger partial charge on any atom is 0.222 e. The van der Waals surface area contributed by atoms with Gasteiger partial charge in [0.2, 0.25) is 5.91 Å². The van der Waals surface area contributed by atoms with Gasteiger partial charge < -0.3 is 22.5 Å². The molecule has 0 radical (unpaired) electrons. The maximum atomic E-state index is 11.1. The molecular weight excluding hydrogens is 468 g/mol. The van der Waals surface area contributed by atoms with Crippen LogP contribution in [0.15, 0.2) is 84.9 Å². The Kier molecular flexibility index (Phi) is 6.08. The highest BCUT2D eigenvalue weighted by Gasteiger charge is 2.10. The summed E-state index contributed by atoms with van der Waals surface area (Å²) in [6.45, 7) is 1.43. The third-order valence-corrected chi connectivity index (χ3v) is 5.37. The number of aromatic nitrogens is 6. The second-order valence-electron chi connectivity index (χ2n) is 8.18. The molecule has 184 valence electrons. The van der Waals surface area contributed by atoms with Crippen LogP contribution in [0.1, 0.15) is 6.92 Å². The summed E-state index contributed by atoms with van der Waals surface area (Å²) in [5.74, 6) is 1.64. The molecule has 4 heterocycles. The Morgan fingerprint density at radius 3 is 1.70 bits per heavy atom. The van der Waals surface area contributed by atoms with Gasteiger partial charge in [0, 0.05) is 42.3 Å². The van der Waals surface area contributed by atoms with E-state index in [4.69, 9.17) is 17.2 Å². The molecule has 0 fully saturated rings. The molecule has 6 rings (SSSR count). The van der Waals surface area contributed by atoms with Gasteiger partial charge in [-0.25, -0.2) is 9.97 Å². The number of rotatable bonds is 3. The topological polar surface area (TPSA) is 168 Å². The molecule has 1 amide bonds. The lowest BCUT2D eigenvalue weighted by atomic mass is 10.1. The Bertz CT molecular complexity index is 1710. The van der Waals surface area contributed by atoms with E-state index in [1.807, 2.05) is 60.7 Å². The van der Waals surface area contributed by atoms with Gasteiger partial charge in [-0.15, -0.1) is 10.2 Å². The molecule has 2 aromatic carbocycles. The summed E-state index contributed by atoms with van der Waals surface area (Å²) in [6.07, 6.45) is 0. The van der Waals surface area contributed by atoms with Crippen molar-refractivity contribution in [1.82, 2.24) is 29.2 Å². The number of hydrogen-bond donors (Lipinski definition) is 4. The van der Waals surface area contributed by atoms with Crippen LogP contribution in [-0.2, 0) is 4.79 Å². The van der Waals surface area contributed by atoms with E-state index in [1.165, 1.54) is 16.0 Å². The molecule has 6 aromatic rings. The SMILES string of the molecule is CC(=O)Nc1cc2nc(-c3ccccc3)cc(N)n2n1.Nc1cc2nc(-c3ccccc3)cc(N)n2n1. The van der Waals surface area contributed by atoms with Crippen LogP contribution in [0.3, 0.4) is 0 Å². The van der Waals surface area contributed by atoms with E-state index >= 15 is 0 Å². The zero-order chi connectivity index (χ0) is 25.9. The maximum absolute atomic E-state index is 11.1. The summed E-state index contributed by atoms with van der Waals surface area (Å²) < 4.78 is 3.03. The highest BCUT2D eigenvalue weighted by molar-refractivity contribution is 5.88. The lowest BCUT2D eigenvalue weighted by Crippen LogP contribution is -2.06. The van der Waals surface area contributed by atoms with E-state index in [0.29, 0.717) is 34.6 Å². The highest BCUT2D eigenvalue weighted by Crippen LogP contribution is 2.23. The predicted molar refractivity (Wildman–Crippen MR) is 144 cm³/mol. The van der Waals surface area contributed by atoms with Gasteiger partial charge in [0.05, 0.1) is 11.4 Å². The zero-order valence-corrected chi connectivity index (χ0v) is 19.9.